The van der Waals surface area contributed by atoms with Crippen LogP contribution < -0.4 is 11.1 Å². The van der Waals surface area contributed by atoms with Gasteiger partial charge in [-0.05, 0) is 46.7 Å². The van der Waals surface area contributed by atoms with Crippen molar-refractivity contribution in [1.29, 1.82) is 0 Å². The molecule has 4 N–H and O–H groups in total. The summed E-state index contributed by atoms with van der Waals surface area (Å²) in [6.45, 7) is 12.8. The minimum atomic E-state index is -0.831. The maximum Gasteiger partial charge on any atom is 0.0917 e. The largest absolute Gasteiger partial charge is 0.399 e. The lowest BCUT2D eigenvalue weighted by atomic mass is 9.66. The predicted octanol–water partition coefficient (Wildman–Crippen LogP) is 4.72. The number of nitrogen functional groups attached to an aromatic ring is 1. The molecule has 23 heavy (non-hydrogen) atoms. The number of aliphatic hydroxyl groups is 1. The SMILES string of the molecule is CC(C)(C)C1=C(Nc2ccc(N)cc2)C=CC(O)(C(C)(C)C)C1. The summed E-state index contributed by atoms with van der Waals surface area (Å²) >= 11 is 0. The standard InChI is InChI=1S/C20H30N2O/c1-18(2,3)16-13-20(23,19(4,5)6)12-11-17(16)22-15-9-7-14(21)8-10-15/h7-12,22-23H,13,21H2,1-6H3. The highest BCUT2D eigenvalue weighted by Gasteiger charge is 2.42. The minimum absolute atomic E-state index is 0.0276. The molecule has 1 aromatic rings. The lowest BCUT2D eigenvalue weighted by Crippen LogP contribution is -2.44. The molecule has 126 valence electrons. The average molecular weight is 314 g/mol. The minimum Gasteiger partial charge on any atom is -0.399 e. The summed E-state index contributed by atoms with van der Waals surface area (Å²) < 4.78 is 0. The van der Waals surface area contributed by atoms with E-state index in [1.165, 1.54) is 5.57 Å². The van der Waals surface area contributed by atoms with E-state index in [0.29, 0.717) is 6.42 Å². The van der Waals surface area contributed by atoms with Crippen LogP contribution in [-0.4, -0.2) is 10.7 Å². The van der Waals surface area contributed by atoms with Crippen LogP contribution in [0, 0.1) is 10.8 Å². The van der Waals surface area contributed by atoms with Crippen LogP contribution in [0.4, 0.5) is 11.4 Å². The Bertz CT molecular complexity index is 627. The summed E-state index contributed by atoms with van der Waals surface area (Å²) in [5, 5.41) is 14.6. The summed E-state index contributed by atoms with van der Waals surface area (Å²) in [4.78, 5) is 0. The van der Waals surface area contributed by atoms with Gasteiger partial charge in [0.1, 0.15) is 0 Å². The van der Waals surface area contributed by atoms with E-state index in [-0.39, 0.29) is 10.8 Å². The zero-order valence-corrected chi connectivity index (χ0v) is 15.2. The van der Waals surface area contributed by atoms with E-state index in [2.05, 4.69) is 46.9 Å². The molecule has 0 heterocycles. The zero-order valence-electron chi connectivity index (χ0n) is 15.2. The maximum absolute atomic E-state index is 11.1. The van der Waals surface area contributed by atoms with Crippen LogP contribution in [-0.2, 0) is 0 Å². The smallest absolute Gasteiger partial charge is 0.0917 e. The molecule has 0 spiro atoms. The van der Waals surface area contributed by atoms with E-state index in [1.54, 1.807) is 0 Å². The molecule has 1 aromatic carbocycles. The molecule has 0 bridgehead atoms. The Morgan fingerprint density at radius 3 is 2.09 bits per heavy atom. The molecule has 1 aliphatic rings. The molecule has 0 amide bonds. The van der Waals surface area contributed by atoms with Crippen molar-refractivity contribution in [2.24, 2.45) is 10.8 Å². The van der Waals surface area contributed by atoms with Crippen molar-refractivity contribution >= 4 is 11.4 Å². The monoisotopic (exact) mass is 314 g/mol. The fraction of sp³-hybridized carbons (Fsp3) is 0.500. The quantitative estimate of drug-likeness (QED) is 0.692. The second-order valence-corrected chi connectivity index (χ2v) is 8.57. The van der Waals surface area contributed by atoms with Crippen molar-refractivity contribution in [3.63, 3.8) is 0 Å². The number of nitrogens with one attached hydrogen (secondary N) is 1. The normalized spacial score (nSPS) is 22.4. The van der Waals surface area contributed by atoms with Crippen molar-refractivity contribution in [2.75, 3.05) is 11.1 Å². The van der Waals surface area contributed by atoms with Gasteiger partial charge < -0.3 is 16.2 Å². The average Bonchev–Trinajstić information content (AvgIpc) is 2.41. The van der Waals surface area contributed by atoms with Crippen LogP contribution in [0.3, 0.4) is 0 Å². The van der Waals surface area contributed by atoms with E-state index < -0.39 is 5.60 Å². The fourth-order valence-electron chi connectivity index (χ4n) is 2.77. The summed E-state index contributed by atoms with van der Waals surface area (Å²) in [6.07, 6.45) is 4.58. The number of hydrogen-bond donors (Lipinski definition) is 3. The second-order valence-electron chi connectivity index (χ2n) is 8.57. The summed E-state index contributed by atoms with van der Waals surface area (Å²) in [7, 11) is 0. The highest BCUT2D eigenvalue weighted by Crippen LogP contribution is 2.45. The molecular weight excluding hydrogens is 284 g/mol. The number of anilines is 2. The van der Waals surface area contributed by atoms with E-state index >= 15 is 0 Å². The molecule has 1 atom stereocenters. The van der Waals surface area contributed by atoms with Gasteiger partial charge in [0.15, 0.2) is 0 Å². The Labute approximate surface area is 140 Å². The van der Waals surface area contributed by atoms with E-state index in [9.17, 15) is 5.11 Å². The van der Waals surface area contributed by atoms with E-state index in [4.69, 9.17) is 5.73 Å². The molecular formula is C20H30N2O. The Morgan fingerprint density at radius 1 is 1.04 bits per heavy atom. The van der Waals surface area contributed by atoms with Crippen LogP contribution >= 0.6 is 0 Å². The van der Waals surface area contributed by atoms with Crippen LogP contribution in [0.15, 0.2) is 47.7 Å². The van der Waals surface area contributed by atoms with Gasteiger partial charge in [-0.3, -0.25) is 0 Å². The second kappa shape index (κ2) is 5.72. The Hall–Kier alpha value is -1.74. The van der Waals surface area contributed by atoms with Gasteiger partial charge in [0.05, 0.1) is 5.60 Å². The van der Waals surface area contributed by atoms with Gasteiger partial charge in [-0.2, -0.15) is 0 Å². The third kappa shape index (κ3) is 3.78. The van der Waals surface area contributed by atoms with Crippen LogP contribution in [0.5, 0.6) is 0 Å². The first-order chi connectivity index (χ1) is 10.4. The van der Waals surface area contributed by atoms with Gasteiger partial charge in [-0.1, -0.05) is 47.6 Å². The third-order valence-corrected chi connectivity index (χ3v) is 4.69. The number of benzene rings is 1. The van der Waals surface area contributed by atoms with Gasteiger partial charge >= 0.3 is 0 Å². The predicted molar refractivity (Wildman–Crippen MR) is 99.1 cm³/mol. The van der Waals surface area contributed by atoms with Gasteiger partial charge in [0.25, 0.3) is 0 Å². The molecule has 0 fully saturated rings. The highest BCUT2D eigenvalue weighted by atomic mass is 16.3. The lowest BCUT2D eigenvalue weighted by molar-refractivity contribution is -0.0177. The van der Waals surface area contributed by atoms with Gasteiger partial charge in [0.2, 0.25) is 0 Å². The molecule has 0 aliphatic heterocycles. The van der Waals surface area contributed by atoms with E-state index in [1.807, 2.05) is 36.4 Å². The number of hydrogen-bond acceptors (Lipinski definition) is 3. The molecule has 0 saturated carbocycles. The number of nitrogens with two attached hydrogens (primary N) is 1. The molecule has 0 saturated heterocycles. The summed E-state index contributed by atoms with van der Waals surface area (Å²) in [5.41, 5.74) is 8.73. The lowest BCUT2D eigenvalue weighted by Gasteiger charge is -2.43. The number of rotatable bonds is 2. The first-order valence-electron chi connectivity index (χ1n) is 8.20. The zero-order chi connectivity index (χ0) is 17.5. The Balaban J connectivity index is 2.39. The Kier molecular flexibility index (Phi) is 4.38. The Morgan fingerprint density at radius 2 is 1.61 bits per heavy atom. The van der Waals surface area contributed by atoms with Crippen LogP contribution in [0.1, 0.15) is 48.0 Å². The first-order valence-corrected chi connectivity index (χ1v) is 8.20. The van der Waals surface area contributed by atoms with Crippen molar-refractivity contribution in [1.82, 2.24) is 0 Å². The van der Waals surface area contributed by atoms with E-state index in [0.717, 1.165) is 17.1 Å². The van der Waals surface area contributed by atoms with Crippen LogP contribution in [0.2, 0.25) is 0 Å². The third-order valence-electron chi connectivity index (χ3n) is 4.69. The van der Waals surface area contributed by atoms with Crippen molar-refractivity contribution in [2.45, 2.75) is 53.6 Å². The molecule has 3 heteroatoms. The fourth-order valence-corrected chi connectivity index (χ4v) is 2.77. The van der Waals surface area contributed by atoms with Crippen molar-refractivity contribution in [3.05, 3.63) is 47.7 Å². The van der Waals surface area contributed by atoms with Crippen molar-refractivity contribution < 1.29 is 5.11 Å². The summed E-state index contributed by atoms with van der Waals surface area (Å²) in [6, 6.07) is 7.72. The molecule has 1 aliphatic carbocycles. The summed E-state index contributed by atoms with van der Waals surface area (Å²) in [5.74, 6) is 0. The van der Waals surface area contributed by atoms with Gasteiger partial charge in [0, 0.05) is 23.5 Å². The van der Waals surface area contributed by atoms with Gasteiger partial charge in [-0.15, -0.1) is 0 Å². The molecule has 1 unspecified atom stereocenters. The molecule has 0 aromatic heterocycles. The van der Waals surface area contributed by atoms with Gasteiger partial charge in [-0.25, -0.2) is 0 Å². The molecule has 2 rings (SSSR count). The number of allylic oxidation sites excluding steroid dienone is 1. The maximum atomic E-state index is 11.1. The molecule has 3 nitrogen and oxygen atoms in total. The highest BCUT2D eigenvalue weighted by molar-refractivity contribution is 5.57. The topological polar surface area (TPSA) is 58.3 Å². The van der Waals surface area contributed by atoms with Crippen LogP contribution in [0.25, 0.3) is 0 Å². The molecule has 0 radical (unpaired) electrons. The van der Waals surface area contributed by atoms with Crippen molar-refractivity contribution in [3.8, 4) is 0 Å². The first kappa shape index (κ1) is 17.6.